The van der Waals surface area contributed by atoms with Crippen LogP contribution in [-0.4, -0.2) is 4.98 Å². The predicted octanol–water partition coefficient (Wildman–Crippen LogP) is 6.62. The summed E-state index contributed by atoms with van der Waals surface area (Å²) in [4.78, 5) is 4.56. The number of nitrogens with zero attached hydrogens (tertiary/aromatic N) is 1. The van der Waals surface area contributed by atoms with Crippen molar-refractivity contribution < 1.29 is 0 Å². The lowest BCUT2D eigenvalue weighted by Crippen LogP contribution is -1.89. The zero-order valence-electron chi connectivity index (χ0n) is 10.6. The molecule has 0 saturated heterocycles. The third kappa shape index (κ3) is 3.58. The molecule has 1 aromatic heterocycles. The second-order valence-electron chi connectivity index (χ2n) is 4.30. The van der Waals surface area contributed by atoms with Crippen LogP contribution in [0.3, 0.4) is 0 Å². The molecular weight excluding hydrogens is 391 g/mol. The summed E-state index contributed by atoms with van der Waals surface area (Å²) in [6.45, 7) is 0. The number of thiazole rings is 1. The van der Waals surface area contributed by atoms with Gasteiger partial charge in [-0.15, -0.1) is 11.3 Å². The summed E-state index contributed by atoms with van der Waals surface area (Å²) in [7, 11) is 0. The van der Waals surface area contributed by atoms with E-state index in [1.165, 1.54) is 0 Å². The molecular formula is C15H9BrCl2N2S. The van der Waals surface area contributed by atoms with Crippen LogP contribution < -0.4 is 5.32 Å². The average Bonchev–Trinajstić information content (AvgIpc) is 2.93. The Morgan fingerprint density at radius 2 is 1.76 bits per heavy atom. The summed E-state index contributed by atoms with van der Waals surface area (Å²) in [6.07, 6.45) is 0. The van der Waals surface area contributed by atoms with Gasteiger partial charge in [-0.2, -0.15) is 0 Å². The van der Waals surface area contributed by atoms with E-state index in [0.29, 0.717) is 10.0 Å². The van der Waals surface area contributed by atoms with Crippen molar-refractivity contribution in [1.29, 1.82) is 0 Å². The van der Waals surface area contributed by atoms with Gasteiger partial charge in [0, 0.05) is 21.1 Å². The molecule has 1 N–H and O–H groups in total. The Labute approximate surface area is 144 Å². The molecule has 0 fully saturated rings. The van der Waals surface area contributed by atoms with Crippen LogP contribution in [0.2, 0.25) is 10.0 Å². The number of halogens is 3. The second-order valence-corrected chi connectivity index (χ2v) is 6.89. The summed E-state index contributed by atoms with van der Waals surface area (Å²) in [5.41, 5.74) is 2.82. The van der Waals surface area contributed by atoms with E-state index in [0.717, 1.165) is 26.5 Å². The van der Waals surface area contributed by atoms with E-state index >= 15 is 0 Å². The molecule has 0 saturated carbocycles. The van der Waals surface area contributed by atoms with Crippen molar-refractivity contribution in [2.45, 2.75) is 0 Å². The van der Waals surface area contributed by atoms with Crippen molar-refractivity contribution in [3.05, 3.63) is 62.4 Å². The highest BCUT2D eigenvalue weighted by Crippen LogP contribution is 2.31. The van der Waals surface area contributed by atoms with E-state index in [-0.39, 0.29) is 0 Å². The molecule has 6 heteroatoms. The van der Waals surface area contributed by atoms with Crippen molar-refractivity contribution >= 4 is 61.3 Å². The maximum absolute atomic E-state index is 6.04. The molecule has 3 aromatic rings. The van der Waals surface area contributed by atoms with E-state index in [1.54, 1.807) is 17.4 Å². The third-order valence-electron chi connectivity index (χ3n) is 2.82. The van der Waals surface area contributed by atoms with E-state index in [4.69, 9.17) is 23.2 Å². The van der Waals surface area contributed by atoms with Crippen molar-refractivity contribution in [1.82, 2.24) is 4.98 Å². The van der Waals surface area contributed by atoms with Crippen LogP contribution >= 0.6 is 50.5 Å². The minimum Gasteiger partial charge on any atom is -0.332 e. The van der Waals surface area contributed by atoms with Gasteiger partial charge < -0.3 is 5.32 Å². The Bertz CT molecular complexity index is 772. The SMILES string of the molecule is Clc1ccc(-c2csc(Nc3ccc(Br)cc3)n2)cc1Cl. The first-order chi connectivity index (χ1) is 10.1. The molecule has 2 aromatic carbocycles. The average molecular weight is 400 g/mol. The quantitative estimate of drug-likeness (QED) is 0.534. The molecule has 3 rings (SSSR count). The van der Waals surface area contributed by atoms with Crippen LogP contribution in [0.4, 0.5) is 10.8 Å². The highest BCUT2D eigenvalue weighted by molar-refractivity contribution is 9.10. The van der Waals surface area contributed by atoms with Gasteiger partial charge in [0.2, 0.25) is 0 Å². The topological polar surface area (TPSA) is 24.9 Å². The fraction of sp³-hybridized carbons (Fsp3) is 0. The fourth-order valence-electron chi connectivity index (χ4n) is 1.78. The van der Waals surface area contributed by atoms with Crippen LogP contribution in [0.25, 0.3) is 11.3 Å². The van der Waals surface area contributed by atoms with Crippen molar-refractivity contribution in [3.63, 3.8) is 0 Å². The van der Waals surface area contributed by atoms with Crippen LogP contribution in [0.15, 0.2) is 52.3 Å². The number of hydrogen-bond donors (Lipinski definition) is 1. The number of anilines is 2. The van der Waals surface area contributed by atoms with Gasteiger partial charge in [0.25, 0.3) is 0 Å². The smallest absolute Gasteiger partial charge is 0.187 e. The van der Waals surface area contributed by atoms with Gasteiger partial charge in [-0.25, -0.2) is 4.98 Å². The monoisotopic (exact) mass is 398 g/mol. The second kappa shape index (κ2) is 6.36. The highest BCUT2D eigenvalue weighted by atomic mass is 79.9. The van der Waals surface area contributed by atoms with Gasteiger partial charge in [0.1, 0.15) is 0 Å². The molecule has 0 aliphatic rings. The van der Waals surface area contributed by atoms with Crippen molar-refractivity contribution in [2.24, 2.45) is 0 Å². The Kier molecular flexibility index (Phi) is 4.50. The normalized spacial score (nSPS) is 10.6. The first-order valence-corrected chi connectivity index (χ1v) is 8.48. The Morgan fingerprint density at radius 3 is 2.48 bits per heavy atom. The molecule has 0 bridgehead atoms. The van der Waals surface area contributed by atoms with Crippen LogP contribution in [0.5, 0.6) is 0 Å². The van der Waals surface area contributed by atoms with Gasteiger partial charge in [0.05, 0.1) is 15.7 Å². The van der Waals surface area contributed by atoms with E-state index < -0.39 is 0 Å². The van der Waals surface area contributed by atoms with Crippen molar-refractivity contribution in [2.75, 3.05) is 5.32 Å². The maximum Gasteiger partial charge on any atom is 0.187 e. The molecule has 0 atom stereocenters. The molecule has 0 spiro atoms. The molecule has 106 valence electrons. The standard InChI is InChI=1S/C15H9BrCl2N2S/c16-10-2-4-11(5-3-10)19-15-20-14(8-21-15)9-1-6-12(17)13(18)7-9/h1-8H,(H,19,20). The summed E-state index contributed by atoms with van der Waals surface area (Å²) < 4.78 is 1.05. The number of rotatable bonds is 3. The summed E-state index contributed by atoms with van der Waals surface area (Å²) in [5, 5.41) is 7.17. The maximum atomic E-state index is 6.04. The number of aromatic nitrogens is 1. The lowest BCUT2D eigenvalue weighted by molar-refractivity contribution is 1.38. The highest BCUT2D eigenvalue weighted by Gasteiger charge is 2.07. The number of nitrogens with one attached hydrogen (secondary N) is 1. The van der Waals surface area contributed by atoms with Gasteiger partial charge in [-0.1, -0.05) is 45.2 Å². The molecule has 0 aliphatic carbocycles. The predicted molar refractivity (Wildman–Crippen MR) is 95.0 cm³/mol. The molecule has 0 radical (unpaired) electrons. The van der Waals surface area contributed by atoms with Crippen molar-refractivity contribution in [3.8, 4) is 11.3 Å². The first kappa shape index (κ1) is 14.9. The molecule has 0 unspecified atom stereocenters. The van der Waals surface area contributed by atoms with Gasteiger partial charge in [-0.3, -0.25) is 0 Å². The van der Waals surface area contributed by atoms with E-state index in [9.17, 15) is 0 Å². The number of benzene rings is 2. The lowest BCUT2D eigenvalue weighted by atomic mass is 10.2. The molecule has 21 heavy (non-hydrogen) atoms. The first-order valence-electron chi connectivity index (χ1n) is 6.05. The van der Waals surface area contributed by atoms with E-state index in [1.807, 2.05) is 41.8 Å². The van der Waals surface area contributed by atoms with Crippen LogP contribution in [0.1, 0.15) is 0 Å². The van der Waals surface area contributed by atoms with Crippen LogP contribution in [0, 0.1) is 0 Å². The minimum absolute atomic E-state index is 0.532. The van der Waals surface area contributed by atoms with Gasteiger partial charge in [-0.05, 0) is 36.4 Å². The van der Waals surface area contributed by atoms with Gasteiger partial charge >= 0.3 is 0 Å². The lowest BCUT2D eigenvalue weighted by Gasteiger charge is -2.02. The molecule has 2 nitrogen and oxygen atoms in total. The van der Waals surface area contributed by atoms with Gasteiger partial charge in [0.15, 0.2) is 5.13 Å². The summed E-state index contributed by atoms with van der Waals surface area (Å²) in [5.74, 6) is 0. The Hall–Kier alpha value is -1.07. The molecule has 1 heterocycles. The summed E-state index contributed by atoms with van der Waals surface area (Å²) >= 11 is 16.9. The Morgan fingerprint density at radius 1 is 1.00 bits per heavy atom. The van der Waals surface area contributed by atoms with E-state index in [2.05, 4.69) is 26.2 Å². The summed E-state index contributed by atoms with van der Waals surface area (Å²) in [6, 6.07) is 13.5. The van der Waals surface area contributed by atoms with Crippen LogP contribution in [-0.2, 0) is 0 Å². The third-order valence-corrected chi connectivity index (χ3v) is 4.84. The largest absolute Gasteiger partial charge is 0.332 e. The zero-order chi connectivity index (χ0) is 14.8. The Balaban J connectivity index is 1.82. The molecule has 0 amide bonds. The zero-order valence-corrected chi connectivity index (χ0v) is 14.5. The minimum atomic E-state index is 0.532. The number of hydrogen-bond acceptors (Lipinski definition) is 3. The molecule has 0 aliphatic heterocycles. The fourth-order valence-corrected chi connectivity index (χ4v) is 3.08.